The first-order chi connectivity index (χ1) is 15.5. The van der Waals surface area contributed by atoms with E-state index in [1.165, 1.54) is 7.11 Å². The van der Waals surface area contributed by atoms with E-state index >= 15 is 0 Å². The number of phenolic OH excluding ortho intramolecular Hbond substituents is 1. The Morgan fingerprint density at radius 1 is 1.09 bits per heavy atom. The van der Waals surface area contributed by atoms with E-state index in [9.17, 15) is 9.50 Å². The summed E-state index contributed by atoms with van der Waals surface area (Å²) in [6.45, 7) is 7.56. The van der Waals surface area contributed by atoms with Crippen LogP contribution in [0, 0.1) is 5.82 Å². The average molecular weight is 445 g/mol. The second-order valence-electron chi connectivity index (χ2n) is 7.71. The van der Waals surface area contributed by atoms with Crippen LogP contribution in [0.4, 0.5) is 4.39 Å². The van der Waals surface area contributed by atoms with E-state index in [4.69, 9.17) is 14.5 Å². The maximum atomic E-state index is 14.0. The van der Waals surface area contributed by atoms with Crippen molar-refractivity contribution in [3.63, 3.8) is 0 Å². The standard InChI is InChI=1S/C24H33FN4O3/c1-4-26-24(27-10-9-19-6-7-20(31-2)16-22(19)30)29-13-11-28(12-14-29)17-18-5-8-23(32-3)21(25)15-18/h5-8,15-16,30H,4,9-14,17H2,1-3H3,(H,26,27). The molecule has 0 radical (unpaired) electrons. The number of benzene rings is 2. The van der Waals surface area contributed by atoms with Crippen molar-refractivity contribution in [3.8, 4) is 17.2 Å². The zero-order valence-electron chi connectivity index (χ0n) is 19.1. The average Bonchev–Trinajstić information content (AvgIpc) is 2.80. The van der Waals surface area contributed by atoms with Crippen LogP contribution >= 0.6 is 0 Å². The Labute approximate surface area is 189 Å². The van der Waals surface area contributed by atoms with Gasteiger partial charge in [-0.25, -0.2) is 4.39 Å². The molecule has 3 rings (SSSR count). The molecule has 0 amide bonds. The van der Waals surface area contributed by atoms with Gasteiger partial charge in [0, 0.05) is 51.9 Å². The van der Waals surface area contributed by atoms with Crippen molar-refractivity contribution < 1.29 is 19.0 Å². The highest BCUT2D eigenvalue weighted by Crippen LogP contribution is 2.24. The minimum atomic E-state index is -0.326. The number of methoxy groups -OCH3 is 2. The minimum absolute atomic E-state index is 0.230. The van der Waals surface area contributed by atoms with Crippen LogP contribution in [0.1, 0.15) is 18.1 Å². The highest BCUT2D eigenvalue weighted by molar-refractivity contribution is 5.80. The molecule has 8 heteroatoms. The summed E-state index contributed by atoms with van der Waals surface area (Å²) >= 11 is 0. The second kappa shape index (κ2) is 11.6. The molecule has 0 saturated carbocycles. The number of hydrogen-bond donors (Lipinski definition) is 2. The molecule has 0 aromatic heterocycles. The van der Waals surface area contributed by atoms with E-state index in [1.807, 2.05) is 18.2 Å². The van der Waals surface area contributed by atoms with E-state index in [0.717, 1.165) is 49.8 Å². The van der Waals surface area contributed by atoms with E-state index < -0.39 is 0 Å². The summed E-state index contributed by atoms with van der Waals surface area (Å²) in [6.07, 6.45) is 0.647. The molecule has 0 unspecified atom stereocenters. The van der Waals surface area contributed by atoms with E-state index in [0.29, 0.717) is 25.3 Å². The number of nitrogens with one attached hydrogen (secondary N) is 1. The summed E-state index contributed by atoms with van der Waals surface area (Å²) in [5, 5.41) is 13.5. The molecule has 7 nitrogen and oxygen atoms in total. The summed E-state index contributed by atoms with van der Waals surface area (Å²) in [5.41, 5.74) is 1.79. The van der Waals surface area contributed by atoms with Gasteiger partial charge in [0.1, 0.15) is 11.5 Å². The molecule has 0 aliphatic carbocycles. The number of nitrogens with zero attached hydrogens (tertiary/aromatic N) is 3. The van der Waals surface area contributed by atoms with Crippen molar-refractivity contribution in [2.45, 2.75) is 19.9 Å². The summed E-state index contributed by atoms with van der Waals surface area (Å²) in [6, 6.07) is 10.5. The highest BCUT2D eigenvalue weighted by atomic mass is 19.1. The van der Waals surface area contributed by atoms with Crippen LogP contribution in [0.2, 0.25) is 0 Å². The molecule has 1 aliphatic rings. The molecular formula is C24H33FN4O3. The maximum absolute atomic E-state index is 14.0. The van der Waals surface area contributed by atoms with Crippen LogP contribution in [0.5, 0.6) is 17.2 Å². The number of ether oxygens (including phenoxy) is 2. The van der Waals surface area contributed by atoms with Crippen LogP contribution in [0.3, 0.4) is 0 Å². The third kappa shape index (κ3) is 6.26. The lowest BCUT2D eigenvalue weighted by Crippen LogP contribution is -2.52. The lowest BCUT2D eigenvalue weighted by molar-refractivity contribution is 0.172. The number of phenols is 1. The number of halogens is 1. The second-order valence-corrected chi connectivity index (χ2v) is 7.71. The third-order valence-electron chi connectivity index (χ3n) is 5.56. The first-order valence-corrected chi connectivity index (χ1v) is 11.0. The molecule has 0 atom stereocenters. The molecule has 1 heterocycles. The predicted octanol–water partition coefficient (Wildman–Crippen LogP) is 2.87. The van der Waals surface area contributed by atoms with Crippen LogP contribution in [-0.2, 0) is 13.0 Å². The Morgan fingerprint density at radius 3 is 2.50 bits per heavy atom. The van der Waals surface area contributed by atoms with Gasteiger partial charge in [-0.1, -0.05) is 12.1 Å². The molecule has 174 valence electrons. The van der Waals surface area contributed by atoms with Gasteiger partial charge in [-0.2, -0.15) is 0 Å². The molecular weight excluding hydrogens is 411 g/mol. The van der Waals surface area contributed by atoms with Crippen molar-refractivity contribution in [1.82, 2.24) is 15.1 Å². The van der Waals surface area contributed by atoms with Gasteiger partial charge in [-0.3, -0.25) is 9.89 Å². The Kier molecular flexibility index (Phi) is 8.56. The lowest BCUT2D eigenvalue weighted by Gasteiger charge is -2.36. The van der Waals surface area contributed by atoms with Crippen molar-refractivity contribution in [3.05, 3.63) is 53.3 Å². The highest BCUT2D eigenvalue weighted by Gasteiger charge is 2.20. The number of guanidine groups is 1. The minimum Gasteiger partial charge on any atom is -0.508 e. The first-order valence-electron chi connectivity index (χ1n) is 11.0. The molecule has 1 fully saturated rings. The fourth-order valence-corrected chi connectivity index (χ4v) is 3.77. The molecule has 0 bridgehead atoms. The van der Waals surface area contributed by atoms with Gasteiger partial charge in [0.2, 0.25) is 0 Å². The fourth-order valence-electron chi connectivity index (χ4n) is 3.77. The molecule has 2 N–H and O–H groups in total. The number of aliphatic imine (C=N–C) groups is 1. The Hall–Kier alpha value is -3.00. The number of hydrogen-bond acceptors (Lipinski definition) is 5. The fraction of sp³-hybridized carbons (Fsp3) is 0.458. The van der Waals surface area contributed by atoms with Crippen LogP contribution in [-0.4, -0.2) is 74.4 Å². The predicted molar refractivity (Wildman–Crippen MR) is 124 cm³/mol. The van der Waals surface area contributed by atoms with Gasteiger partial charge in [0.05, 0.1) is 14.2 Å². The normalized spacial score (nSPS) is 15.0. The van der Waals surface area contributed by atoms with Crippen molar-refractivity contribution in [1.29, 1.82) is 0 Å². The largest absolute Gasteiger partial charge is 0.508 e. The first kappa shape index (κ1) is 23.7. The smallest absolute Gasteiger partial charge is 0.194 e. The number of aromatic hydroxyl groups is 1. The maximum Gasteiger partial charge on any atom is 0.194 e. The van der Waals surface area contributed by atoms with Crippen LogP contribution < -0.4 is 14.8 Å². The zero-order valence-corrected chi connectivity index (χ0v) is 19.1. The molecule has 0 spiro atoms. The van der Waals surface area contributed by atoms with Gasteiger partial charge in [0.15, 0.2) is 17.5 Å². The van der Waals surface area contributed by atoms with E-state index in [2.05, 4.69) is 22.0 Å². The van der Waals surface area contributed by atoms with Crippen LogP contribution in [0.25, 0.3) is 0 Å². The lowest BCUT2D eigenvalue weighted by atomic mass is 10.1. The van der Waals surface area contributed by atoms with E-state index in [-0.39, 0.29) is 17.3 Å². The van der Waals surface area contributed by atoms with E-state index in [1.54, 1.807) is 25.3 Å². The van der Waals surface area contributed by atoms with Crippen molar-refractivity contribution >= 4 is 5.96 Å². The van der Waals surface area contributed by atoms with Gasteiger partial charge in [-0.05, 0) is 42.7 Å². The summed E-state index contributed by atoms with van der Waals surface area (Å²) in [5.74, 6) is 1.70. The molecule has 2 aromatic carbocycles. The topological polar surface area (TPSA) is 69.6 Å². The van der Waals surface area contributed by atoms with Crippen molar-refractivity contribution in [2.24, 2.45) is 4.99 Å². The Bertz CT molecular complexity index is 914. The molecule has 2 aromatic rings. The Morgan fingerprint density at radius 2 is 1.88 bits per heavy atom. The Balaban J connectivity index is 1.53. The molecule has 32 heavy (non-hydrogen) atoms. The van der Waals surface area contributed by atoms with Gasteiger partial charge in [0.25, 0.3) is 0 Å². The monoisotopic (exact) mass is 444 g/mol. The number of rotatable bonds is 8. The summed E-state index contributed by atoms with van der Waals surface area (Å²) in [7, 11) is 3.05. The zero-order chi connectivity index (χ0) is 22.9. The van der Waals surface area contributed by atoms with Crippen molar-refractivity contribution in [2.75, 3.05) is 53.5 Å². The van der Waals surface area contributed by atoms with Crippen LogP contribution in [0.15, 0.2) is 41.4 Å². The quantitative estimate of drug-likeness (QED) is 0.482. The summed E-state index contributed by atoms with van der Waals surface area (Å²) in [4.78, 5) is 9.33. The van der Waals surface area contributed by atoms with Gasteiger partial charge in [-0.15, -0.1) is 0 Å². The van der Waals surface area contributed by atoms with Gasteiger partial charge >= 0.3 is 0 Å². The van der Waals surface area contributed by atoms with Gasteiger partial charge < -0.3 is 24.8 Å². The third-order valence-corrected chi connectivity index (χ3v) is 5.56. The summed E-state index contributed by atoms with van der Waals surface area (Å²) < 4.78 is 24.1. The molecule has 1 aliphatic heterocycles. The molecule has 1 saturated heterocycles. The number of piperazine rings is 1. The SMILES string of the molecule is CCNC(=NCCc1ccc(OC)cc1O)N1CCN(Cc2ccc(OC)c(F)c2)CC1.